The Labute approximate surface area is 154 Å². The minimum Gasteiger partial charge on any atom is -0.392 e. The van der Waals surface area contributed by atoms with Gasteiger partial charge in [0, 0.05) is 30.1 Å². The van der Waals surface area contributed by atoms with Crippen LogP contribution in [0.2, 0.25) is 0 Å². The number of aliphatic hydroxyl groups is 2. The van der Waals surface area contributed by atoms with E-state index in [4.69, 9.17) is 0 Å². The van der Waals surface area contributed by atoms with Crippen LogP contribution in [-0.2, 0) is 32.6 Å². The maximum atomic E-state index is 9.36. The van der Waals surface area contributed by atoms with Crippen molar-refractivity contribution in [2.45, 2.75) is 39.0 Å². The van der Waals surface area contributed by atoms with Crippen LogP contribution in [0.1, 0.15) is 34.2 Å². The van der Waals surface area contributed by atoms with Gasteiger partial charge in [-0.3, -0.25) is 4.98 Å². The van der Waals surface area contributed by atoms with E-state index in [1.165, 1.54) is 11.1 Å². The normalized spacial score (nSPS) is 10.8. The molecule has 0 aliphatic rings. The van der Waals surface area contributed by atoms with Gasteiger partial charge in [0.1, 0.15) is 0 Å². The molecule has 1 aromatic carbocycles. The first-order chi connectivity index (χ1) is 12.8. The van der Waals surface area contributed by atoms with Crippen molar-refractivity contribution in [2.75, 3.05) is 0 Å². The zero-order valence-corrected chi connectivity index (χ0v) is 14.9. The fourth-order valence-electron chi connectivity index (χ4n) is 3.13. The summed E-state index contributed by atoms with van der Waals surface area (Å²) in [5.41, 5.74) is 5.40. The Morgan fingerprint density at radius 2 is 1.23 bits per heavy atom. The summed E-state index contributed by atoms with van der Waals surface area (Å²) >= 11 is 0. The van der Waals surface area contributed by atoms with Gasteiger partial charge in [-0.2, -0.15) is 0 Å². The molecule has 0 unspecified atom stereocenters. The lowest BCUT2D eigenvalue weighted by molar-refractivity contribution is -0.688. The average Bonchev–Trinajstić information content (AvgIpc) is 2.70. The van der Waals surface area contributed by atoms with E-state index in [0.29, 0.717) is 0 Å². The molecular weight excluding hydrogens is 324 g/mol. The first-order valence-electron chi connectivity index (χ1n) is 8.97. The molecule has 3 aromatic rings. The summed E-state index contributed by atoms with van der Waals surface area (Å²) in [7, 11) is 0. The Kier molecular flexibility index (Phi) is 6.47. The third-order valence-electron chi connectivity index (χ3n) is 4.48. The summed E-state index contributed by atoms with van der Waals surface area (Å²) in [5, 5.41) is 18.7. The minimum absolute atomic E-state index is 0.0120. The number of nitrogens with zero attached hydrogens (tertiary/aromatic N) is 2. The van der Waals surface area contributed by atoms with E-state index in [2.05, 4.69) is 46.2 Å². The third kappa shape index (κ3) is 5.22. The highest BCUT2D eigenvalue weighted by molar-refractivity contribution is 5.29. The monoisotopic (exact) mass is 349 g/mol. The zero-order chi connectivity index (χ0) is 18.2. The van der Waals surface area contributed by atoms with Gasteiger partial charge < -0.3 is 10.2 Å². The number of hydrogen-bond acceptors (Lipinski definition) is 3. The number of rotatable bonds is 8. The minimum atomic E-state index is -0.0120. The molecule has 0 aliphatic carbocycles. The van der Waals surface area contributed by atoms with Crippen LogP contribution in [0, 0.1) is 0 Å². The van der Waals surface area contributed by atoms with Crippen LogP contribution in [0.25, 0.3) is 0 Å². The molecule has 0 spiro atoms. The molecule has 0 bridgehead atoms. The first-order valence-corrected chi connectivity index (χ1v) is 8.97. The molecule has 0 amide bonds. The molecule has 0 saturated heterocycles. The highest BCUT2D eigenvalue weighted by Gasteiger charge is 2.06. The van der Waals surface area contributed by atoms with Gasteiger partial charge >= 0.3 is 0 Å². The number of aryl methyl sites for hydroxylation is 2. The number of aliphatic hydroxyl groups excluding tert-OH is 2. The topological polar surface area (TPSA) is 57.2 Å². The second kappa shape index (κ2) is 9.22. The van der Waals surface area contributed by atoms with Crippen LogP contribution in [0.5, 0.6) is 0 Å². The van der Waals surface area contributed by atoms with Gasteiger partial charge in [0.05, 0.1) is 13.2 Å². The fourth-order valence-corrected chi connectivity index (χ4v) is 3.13. The van der Waals surface area contributed by atoms with E-state index >= 15 is 0 Å². The number of benzene rings is 1. The van der Waals surface area contributed by atoms with Crippen molar-refractivity contribution in [3.63, 3.8) is 0 Å². The lowest BCUT2D eigenvalue weighted by Crippen LogP contribution is -2.33. The Hall–Kier alpha value is -2.56. The van der Waals surface area contributed by atoms with Crippen molar-refractivity contribution in [3.8, 4) is 0 Å². The van der Waals surface area contributed by atoms with Gasteiger partial charge in [-0.25, -0.2) is 4.57 Å². The Morgan fingerprint density at radius 3 is 1.81 bits per heavy atom. The third-order valence-corrected chi connectivity index (χ3v) is 4.48. The maximum Gasteiger partial charge on any atom is 0.173 e. The molecule has 0 atom stereocenters. The molecular formula is C22H25N2O2+. The zero-order valence-electron chi connectivity index (χ0n) is 14.9. The highest BCUT2D eigenvalue weighted by atomic mass is 16.3. The lowest BCUT2D eigenvalue weighted by atomic mass is 10.1. The van der Waals surface area contributed by atoms with Crippen LogP contribution in [-0.4, -0.2) is 15.2 Å². The summed E-state index contributed by atoms with van der Waals surface area (Å²) < 4.78 is 2.12. The molecule has 0 fully saturated rings. The summed E-state index contributed by atoms with van der Waals surface area (Å²) in [6.45, 7) is 0.696. The smallest absolute Gasteiger partial charge is 0.173 e. The predicted octanol–water partition coefficient (Wildman–Crippen LogP) is 2.58. The van der Waals surface area contributed by atoms with Crippen molar-refractivity contribution in [2.24, 2.45) is 0 Å². The molecule has 26 heavy (non-hydrogen) atoms. The second-order valence-electron chi connectivity index (χ2n) is 6.56. The van der Waals surface area contributed by atoms with Gasteiger partial charge in [0.15, 0.2) is 18.9 Å². The van der Waals surface area contributed by atoms with Gasteiger partial charge in [0.25, 0.3) is 0 Å². The van der Waals surface area contributed by atoms with E-state index in [0.717, 1.165) is 42.5 Å². The molecule has 3 rings (SSSR count). The van der Waals surface area contributed by atoms with Gasteiger partial charge in [-0.1, -0.05) is 6.07 Å². The quantitative estimate of drug-likeness (QED) is 0.615. The van der Waals surface area contributed by atoms with Crippen LogP contribution >= 0.6 is 0 Å². The van der Waals surface area contributed by atoms with E-state index in [9.17, 15) is 10.2 Å². The van der Waals surface area contributed by atoms with Crippen LogP contribution in [0.4, 0.5) is 0 Å². The van der Waals surface area contributed by atoms with Crippen molar-refractivity contribution in [1.29, 1.82) is 0 Å². The molecule has 134 valence electrons. The van der Waals surface area contributed by atoms with Gasteiger partial charge in [0.2, 0.25) is 0 Å². The summed E-state index contributed by atoms with van der Waals surface area (Å²) in [5.74, 6) is 0. The first kappa shape index (κ1) is 18.2. The molecule has 0 radical (unpaired) electrons. The Morgan fingerprint density at radius 1 is 0.692 bits per heavy atom. The molecule has 0 aliphatic heterocycles. The van der Waals surface area contributed by atoms with Gasteiger partial charge in [-0.15, -0.1) is 0 Å². The summed E-state index contributed by atoms with van der Waals surface area (Å²) in [4.78, 5) is 4.05. The van der Waals surface area contributed by atoms with Crippen LogP contribution in [0.3, 0.4) is 0 Å². The van der Waals surface area contributed by atoms with Crippen molar-refractivity contribution in [1.82, 2.24) is 4.98 Å². The number of pyridine rings is 2. The molecule has 4 nitrogen and oxygen atoms in total. The van der Waals surface area contributed by atoms with E-state index in [-0.39, 0.29) is 13.2 Å². The second-order valence-corrected chi connectivity index (χ2v) is 6.56. The summed E-state index contributed by atoms with van der Waals surface area (Å²) in [6.07, 6.45) is 11.1. The predicted molar refractivity (Wildman–Crippen MR) is 100 cm³/mol. The fraction of sp³-hybridized carbons (Fsp3) is 0.273. The molecule has 2 N–H and O–H groups in total. The highest BCUT2D eigenvalue weighted by Crippen LogP contribution is 2.11. The van der Waals surface area contributed by atoms with E-state index in [1.807, 2.05) is 30.6 Å². The molecule has 4 heteroatoms. The Bertz CT molecular complexity index is 795. The van der Waals surface area contributed by atoms with Crippen LogP contribution in [0.15, 0.2) is 67.3 Å². The molecule has 2 aromatic heterocycles. The lowest BCUT2D eigenvalue weighted by Gasteiger charge is -2.06. The van der Waals surface area contributed by atoms with E-state index < -0.39 is 0 Å². The van der Waals surface area contributed by atoms with Crippen molar-refractivity contribution in [3.05, 3.63) is 95.1 Å². The standard InChI is InChI=1S/C22H25N2O2/c25-16-21-12-20(13-22(14-21)17-26)15-24-10-6-19(7-11-24)3-1-2-18-4-8-23-9-5-18/h4-14,25-26H,1-3,15-17H2/q+1. The Balaban J connectivity index is 1.57. The number of aromatic nitrogens is 2. The summed E-state index contributed by atoms with van der Waals surface area (Å²) in [6, 6.07) is 14.3. The van der Waals surface area contributed by atoms with E-state index in [1.54, 1.807) is 0 Å². The largest absolute Gasteiger partial charge is 0.392 e. The molecule has 0 saturated carbocycles. The molecule has 2 heterocycles. The number of hydrogen-bond donors (Lipinski definition) is 2. The maximum absolute atomic E-state index is 9.36. The van der Waals surface area contributed by atoms with Gasteiger partial charge in [-0.05, 0) is 65.8 Å². The van der Waals surface area contributed by atoms with Crippen molar-refractivity contribution < 1.29 is 14.8 Å². The van der Waals surface area contributed by atoms with Crippen LogP contribution < -0.4 is 4.57 Å². The average molecular weight is 349 g/mol. The van der Waals surface area contributed by atoms with Crippen molar-refractivity contribution >= 4 is 0 Å². The SMILES string of the molecule is OCc1cc(CO)cc(C[n+]2ccc(CCCc3ccncc3)cc2)c1.